The first kappa shape index (κ1) is 19.0. The molecule has 0 spiro atoms. The Morgan fingerprint density at radius 2 is 2.00 bits per heavy atom. The van der Waals surface area contributed by atoms with Crippen LogP contribution in [0.15, 0.2) is 59.6 Å². The van der Waals surface area contributed by atoms with Gasteiger partial charge in [-0.05, 0) is 54.7 Å². The van der Waals surface area contributed by atoms with Crippen molar-refractivity contribution in [1.82, 2.24) is 5.32 Å². The Morgan fingerprint density at radius 1 is 1.28 bits per heavy atom. The third-order valence-corrected chi connectivity index (χ3v) is 3.81. The lowest BCUT2D eigenvalue weighted by molar-refractivity contribution is 0.0974. The van der Waals surface area contributed by atoms with Gasteiger partial charge in [-0.2, -0.15) is 0 Å². The van der Waals surface area contributed by atoms with Crippen molar-refractivity contribution in [1.29, 1.82) is 0 Å². The first-order chi connectivity index (χ1) is 12.0. The molecule has 2 N–H and O–H groups in total. The zero-order valence-corrected chi connectivity index (χ0v) is 15.9. The van der Waals surface area contributed by atoms with Gasteiger partial charge in [0.15, 0.2) is 5.11 Å². The van der Waals surface area contributed by atoms with Crippen molar-refractivity contribution in [2.45, 2.75) is 0 Å². The number of amides is 1. The number of rotatable bonds is 6. The Bertz CT molecular complexity index is 778. The SMILES string of the molecule is C=CCOc1ccc(NC(=S)NC(=O)c2cc(Br)ccc2OC)cc1. The van der Waals surface area contributed by atoms with Crippen molar-refractivity contribution in [2.75, 3.05) is 19.0 Å². The van der Waals surface area contributed by atoms with Gasteiger partial charge in [0.1, 0.15) is 18.1 Å². The second kappa shape index (κ2) is 9.19. The minimum absolute atomic E-state index is 0.187. The van der Waals surface area contributed by atoms with Crippen molar-refractivity contribution in [3.8, 4) is 11.5 Å². The quantitative estimate of drug-likeness (QED) is 0.542. The lowest BCUT2D eigenvalue weighted by Crippen LogP contribution is -2.34. The minimum atomic E-state index is -0.360. The number of ether oxygens (including phenoxy) is 2. The van der Waals surface area contributed by atoms with Crippen LogP contribution < -0.4 is 20.1 Å². The van der Waals surface area contributed by atoms with Crippen LogP contribution in [-0.4, -0.2) is 24.7 Å². The molecular weight excluding hydrogens is 404 g/mol. The van der Waals surface area contributed by atoms with Gasteiger partial charge in [0.25, 0.3) is 5.91 Å². The molecule has 130 valence electrons. The summed E-state index contributed by atoms with van der Waals surface area (Å²) in [6, 6.07) is 12.4. The molecule has 0 heterocycles. The van der Waals surface area contributed by atoms with Gasteiger partial charge in [-0.15, -0.1) is 0 Å². The fourth-order valence-corrected chi connectivity index (χ4v) is 2.55. The average molecular weight is 421 g/mol. The zero-order valence-electron chi connectivity index (χ0n) is 13.5. The molecule has 0 atom stereocenters. The first-order valence-corrected chi connectivity index (χ1v) is 8.53. The molecule has 2 rings (SSSR count). The number of hydrogen-bond donors (Lipinski definition) is 2. The number of hydrogen-bond acceptors (Lipinski definition) is 4. The van der Waals surface area contributed by atoms with Crippen LogP contribution in [0.1, 0.15) is 10.4 Å². The number of carbonyl (C=O) groups excluding carboxylic acids is 1. The molecule has 25 heavy (non-hydrogen) atoms. The smallest absolute Gasteiger partial charge is 0.261 e. The Morgan fingerprint density at radius 3 is 2.64 bits per heavy atom. The summed E-state index contributed by atoms with van der Waals surface area (Å²) in [6.45, 7) is 4.04. The number of nitrogens with one attached hydrogen (secondary N) is 2. The van der Waals surface area contributed by atoms with E-state index in [1.54, 1.807) is 48.5 Å². The van der Waals surface area contributed by atoms with Crippen LogP contribution in [0.25, 0.3) is 0 Å². The maximum Gasteiger partial charge on any atom is 0.261 e. The lowest BCUT2D eigenvalue weighted by atomic mass is 10.2. The van der Waals surface area contributed by atoms with Crippen LogP contribution in [0.3, 0.4) is 0 Å². The summed E-state index contributed by atoms with van der Waals surface area (Å²) in [6.07, 6.45) is 1.67. The third-order valence-electron chi connectivity index (χ3n) is 3.11. The van der Waals surface area contributed by atoms with E-state index in [4.69, 9.17) is 21.7 Å². The summed E-state index contributed by atoms with van der Waals surface area (Å²) < 4.78 is 11.4. The second-order valence-electron chi connectivity index (χ2n) is 4.88. The van der Waals surface area contributed by atoms with Crippen LogP contribution >= 0.6 is 28.1 Å². The molecule has 0 unspecified atom stereocenters. The van der Waals surface area contributed by atoms with Crippen LogP contribution in [0.2, 0.25) is 0 Å². The highest BCUT2D eigenvalue weighted by atomic mass is 79.9. The van der Waals surface area contributed by atoms with Crippen LogP contribution in [0.5, 0.6) is 11.5 Å². The molecule has 1 amide bonds. The first-order valence-electron chi connectivity index (χ1n) is 7.33. The van der Waals surface area contributed by atoms with E-state index in [1.807, 2.05) is 0 Å². The van der Waals surface area contributed by atoms with Crippen molar-refractivity contribution in [3.63, 3.8) is 0 Å². The van der Waals surface area contributed by atoms with Crippen LogP contribution in [-0.2, 0) is 0 Å². The van der Waals surface area contributed by atoms with Gasteiger partial charge in [0, 0.05) is 10.2 Å². The number of benzene rings is 2. The maximum atomic E-state index is 12.4. The van der Waals surface area contributed by atoms with Crippen molar-refractivity contribution in [3.05, 3.63) is 65.2 Å². The molecule has 0 aromatic heterocycles. The zero-order chi connectivity index (χ0) is 18.2. The third kappa shape index (κ3) is 5.58. The Labute approximate surface area is 160 Å². The molecule has 0 aliphatic heterocycles. The van der Waals surface area contributed by atoms with Gasteiger partial charge in [-0.3, -0.25) is 10.1 Å². The maximum absolute atomic E-state index is 12.4. The van der Waals surface area contributed by atoms with Crippen LogP contribution in [0.4, 0.5) is 5.69 Å². The summed E-state index contributed by atoms with van der Waals surface area (Å²) >= 11 is 8.52. The Kier molecular flexibility index (Phi) is 6.97. The van der Waals surface area contributed by atoms with E-state index in [0.717, 1.165) is 15.9 Å². The number of halogens is 1. The molecule has 2 aromatic rings. The molecule has 0 saturated heterocycles. The fourth-order valence-electron chi connectivity index (χ4n) is 1.98. The molecule has 7 heteroatoms. The van der Waals surface area contributed by atoms with Crippen molar-refractivity contribution < 1.29 is 14.3 Å². The molecular formula is C18H17BrN2O3S. The lowest BCUT2D eigenvalue weighted by Gasteiger charge is -2.12. The summed E-state index contributed by atoms with van der Waals surface area (Å²) in [5.74, 6) is 0.827. The molecule has 5 nitrogen and oxygen atoms in total. The summed E-state index contributed by atoms with van der Waals surface area (Å²) in [4.78, 5) is 12.4. The molecule has 0 bridgehead atoms. The Hall–Kier alpha value is -2.38. The highest BCUT2D eigenvalue weighted by molar-refractivity contribution is 9.10. The van der Waals surface area contributed by atoms with Crippen molar-refractivity contribution >= 4 is 44.9 Å². The normalized spacial score (nSPS) is 9.84. The number of anilines is 1. The Balaban J connectivity index is 1.99. The molecule has 0 aliphatic rings. The molecule has 0 saturated carbocycles. The summed E-state index contributed by atoms with van der Waals surface area (Å²) in [5, 5.41) is 5.77. The topological polar surface area (TPSA) is 59.6 Å². The monoisotopic (exact) mass is 420 g/mol. The van der Waals surface area contributed by atoms with E-state index in [1.165, 1.54) is 7.11 Å². The standard InChI is InChI=1S/C18H17BrN2O3S/c1-3-10-24-14-7-5-13(6-8-14)20-18(25)21-17(22)15-11-12(19)4-9-16(15)23-2/h3-9,11H,1,10H2,2H3,(H2,20,21,22,25). The summed E-state index contributed by atoms with van der Waals surface area (Å²) in [7, 11) is 1.51. The predicted molar refractivity (Wildman–Crippen MR) is 107 cm³/mol. The van der Waals surface area contributed by atoms with E-state index < -0.39 is 0 Å². The molecule has 0 fully saturated rings. The molecule has 2 aromatic carbocycles. The van der Waals surface area contributed by atoms with E-state index >= 15 is 0 Å². The van der Waals surface area contributed by atoms with Gasteiger partial charge < -0.3 is 14.8 Å². The van der Waals surface area contributed by atoms with Gasteiger partial charge in [-0.25, -0.2) is 0 Å². The molecule has 0 aliphatic carbocycles. The largest absolute Gasteiger partial charge is 0.496 e. The highest BCUT2D eigenvalue weighted by Gasteiger charge is 2.14. The van der Waals surface area contributed by atoms with Gasteiger partial charge in [0.05, 0.1) is 12.7 Å². The van der Waals surface area contributed by atoms with E-state index in [2.05, 4.69) is 33.1 Å². The van der Waals surface area contributed by atoms with Gasteiger partial charge in [-0.1, -0.05) is 28.6 Å². The van der Waals surface area contributed by atoms with Crippen molar-refractivity contribution in [2.24, 2.45) is 0 Å². The predicted octanol–water partition coefficient (Wildman–Crippen LogP) is 4.15. The molecule has 0 radical (unpaired) electrons. The number of thiocarbonyl (C=S) groups is 1. The minimum Gasteiger partial charge on any atom is -0.496 e. The number of methoxy groups -OCH3 is 1. The van der Waals surface area contributed by atoms with Crippen LogP contribution in [0, 0.1) is 0 Å². The van der Waals surface area contributed by atoms with Gasteiger partial charge >= 0.3 is 0 Å². The highest BCUT2D eigenvalue weighted by Crippen LogP contribution is 2.23. The van der Waals surface area contributed by atoms with E-state index in [0.29, 0.717) is 17.9 Å². The second-order valence-corrected chi connectivity index (χ2v) is 6.20. The van der Waals surface area contributed by atoms with E-state index in [-0.39, 0.29) is 11.0 Å². The fraction of sp³-hybridized carbons (Fsp3) is 0.111. The van der Waals surface area contributed by atoms with E-state index in [9.17, 15) is 4.79 Å². The number of carbonyl (C=O) groups is 1. The van der Waals surface area contributed by atoms with Gasteiger partial charge in [0.2, 0.25) is 0 Å². The summed E-state index contributed by atoms with van der Waals surface area (Å²) in [5.41, 5.74) is 1.12. The average Bonchev–Trinajstić information content (AvgIpc) is 2.61.